The predicted octanol–water partition coefficient (Wildman–Crippen LogP) is 6.35. The van der Waals surface area contributed by atoms with Gasteiger partial charge in [-0.1, -0.05) is 11.6 Å². The zero-order valence-electron chi connectivity index (χ0n) is 13.8. The van der Waals surface area contributed by atoms with Crippen molar-refractivity contribution < 1.29 is 74.6 Å². The smallest absolute Gasteiger partial charge is 0.239 e. The summed E-state index contributed by atoms with van der Waals surface area (Å²) in [6, 6.07) is 0. The maximum atomic E-state index is 13.2. The molecule has 0 heterocycles. The molecule has 0 aliphatic carbocycles. The van der Waals surface area contributed by atoms with Gasteiger partial charge < -0.3 is 0 Å². The minimum absolute atomic E-state index is 0.778. The molecular formula is C10H6Cl3F17Si. The second kappa shape index (κ2) is 9.64. The van der Waals surface area contributed by atoms with Gasteiger partial charge in [0.1, 0.15) is 9.55 Å². The van der Waals surface area contributed by atoms with Crippen LogP contribution < -0.4 is 0 Å². The normalized spacial score (nSPS) is 18.2. The Kier molecular flexibility index (Phi) is 10.3. The minimum atomic E-state index is -8.49. The molecule has 0 aromatic heterocycles. The first-order chi connectivity index (χ1) is 13.3. The third-order valence-corrected chi connectivity index (χ3v) is 3.70. The maximum absolute atomic E-state index is 13.2. The monoisotopic (exact) mass is 582 g/mol. The fourth-order valence-electron chi connectivity index (χ4n) is 1.48. The number of hydrogen-bond donors (Lipinski definition) is 0. The van der Waals surface area contributed by atoms with Crippen LogP contribution in [0.4, 0.5) is 74.6 Å². The maximum Gasteiger partial charge on any atom is 0.393 e. The lowest BCUT2D eigenvalue weighted by Crippen LogP contribution is -2.73. The lowest BCUT2D eigenvalue weighted by Gasteiger charge is -2.42. The highest BCUT2D eigenvalue weighted by Crippen LogP contribution is 2.63. The molecule has 31 heavy (non-hydrogen) atoms. The van der Waals surface area contributed by atoms with E-state index in [4.69, 9.17) is 11.1 Å². The van der Waals surface area contributed by atoms with Gasteiger partial charge in [0.25, 0.3) is 0 Å². The SMILES string of the molecule is FC(Cl)C(F)C(F)C(F)(F)C(F)(F)C(F)(F)C(F)(F)C(F)(F)C(F)(F)C(F)(F)Cl.[SiH3]Cl. The van der Waals surface area contributed by atoms with Gasteiger partial charge in [0.15, 0.2) is 6.17 Å². The molecule has 0 saturated carbocycles. The van der Waals surface area contributed by atoms with Crippen molar-refractivity contribution in [3.8, 4) is 0 Å². The molecule has 0 aromatic carbocycles. The van der Waals surface area contributed by atoms with Crippen LogP contribution in [0.15, 0.2) is 0 Å². The van der Waals surface area contributed by atoms with Crippen molar-refractivity contribution in [2.75, 3.05) is 0 Å². The van der Waals surface area contributed by atoms with E-state index in [0.717, 1.165) is 9.55 Å². The Labute approximate surface area is 178 Å². The Balaban J connectivity index is 0. The molecule has 0 fully saturated rings. The van der Waals surface area contributed by atoms with Crippen LogP contribution in [0.5, 0.6) is 0 Å². The van der Waals surface area contributed by atoms with Crippen LogP contribution in [0.2, 0.25) is 0 Å². The summed E-state index contributed by atoms with van der Waals surface area (Å²) in [6.45, 7) is 0. The van der Waals surface area contributed by atoms with E-state index in [1.807, 2.05) is 0 Å². The average molecular weight is 584 g/mol. The van der Waals surface area contributed by atoms with Crippen LogP contribution in [0.25, 0.3) is 0 Å². The number of alkyl halides is 19. The van der Waals surface area contributed by atoms with Crippen molar-refractivity contribution >= 4 is 43.8 Å². The standard InChI is InChI=1S/C10H3Cl2F17.ClH3Si/c11-3(15)1(13)2(14)4(16,17)5(18,19)6(20,21)7(22,23)8(24,25)9(26,27)10(12,28)29;1-2/h1-3H;2H3. The molecule has 0 radical (unpaired) electrons. The van der Waals surface area contributed by atoms with Gasteiger partial charge in [0.05, 0.1) is 0 Å². The highest BCUT2D eigenvalue weighted by atomic mass is 35.6. The van der Waals surface area contributed by atoms with Crippen LogP contribution in [0.1, 0.15) is 0 Å². The predicted molar refractivity (Wildman–Crippen MR) is 76.8 cm³/mol. The van der Waals surface area contributed by atoms with Gasteiger partial charge in [0, 0.05) is 0 Å². The zero-order valence-corrected chi connectivity index (χ0v) is 18.1. The van der Waals surface area contributed by atoms with E-state index in [0.29, 0.717) is 0 Å². The molecule has 3 atom stereocenters. The number of rotatable bonds is 9. The first kappa shape index (κ1) is 33.1. The topological polar surface area (TPSA) is 0 Å². The van der Waals surface area contributed by atoms with Gasteiger partial charge >= 0.3 is 40.9 Å². The van der Waals surface area contributed by atoms with Crippen molar-refractivity contribution in [2.45, 2.75) is 58.9 Å². The summed E-state index contributed by atoms with van der Waals surface area (Å²) in [5.41, 5.74) is -3.98. The first-order valence-electron chi connectivity index (χ1n) is 6.54. The lowest BCUT2D eigenvalue weighted by molar-refractivity contribution is -0.439. The van der Waals surface area contributed by atoms with Gasteiger partial charge in [-0.25, -0.2) is 13.2 Å². The first-order valence-corrected chi connectivity index (χ1v) is 10.4. The summed E-state index contributed by atoms with van der Waals surface area (Å²) in [6.07, 6.45) is -10.2. The highest BCUT2D eigenvalue weighted by Gasteiger charge is 2.93. The zero-order chi connectivity index (χ0) is 26.2. The molecule has 0 aliphatic rings. The van der Waals surface area contributed by atoms with E-state index < -0.39 is 58.9 Å². The van der Waals surface area contributed by atoms with E-state index in [9.17, 15) is 74.6 Å². The van der Waals surface area contributed by atoms with Crippen molar-refractivity contribution in [3.63, 3.8) is 0 Å². The Morgan fingerprint density at radius 2 is 0.774 bits per heavy atom. The fraction of sp³-hybridized carbons (Fsp3) is 1.00. The van der Waals surface area contributed by atoms with Crippen LogP contribution in [-0.4, -0.2) is 68.4 Å². The molecule has 0 amide bonds. The molecule has 21 heteroatoms. The van der Waals surface area contributed by atoms with Gasteiger partial charge in [-0.15, -0.1) is 0 Å². The van der Waals surface area contributed by atoms with Gasteiger partial charge in [0.2, 0.25) is 11.8 Å². The van der Waals surface area contributed by atoms with Crippen molar-refractivity contribution in [2.24, 2.45) is 0 Å². The lowest BCUT2D eigenvalue weighted by atomic mass is 9.89. The fourth-order valence-corrected chi connectivity index (χ4v) is 1.73. The Bertz CT molecular complexity index is 589. The van der Waals surface area contributed by atoms with Gasteiger partial charge in [-0.05, 0) is 11.6 Å². The largest absolute Gasteiger partial charge is 0.393 e. The Hall–Kier alpha value is -0.103. The summed E-state index contributed by atoms with van der Waals surface area (Å²) in [5.74, 6) is -48.7. The number of halogens is 20. The average Bonchev–Trinajstić information content (AvgIpc) is 2.59. The minimum Gasteiger partial charge on any atom is -0.239 e. The second-order valence-electron chi connectivity index (χ2n) is 5.17. The molecule has 0 aromatic rings. The Morgan fingerprint density at radius 3 is 1.03 bits per heavy atom. The molecule has 190 valence electrons. The molecule has 0 aliphatic heterocycles. The van der Waals surface area contributed by atoms with E-state index >= 15 is 0 Å². The van der Waals surface area contributed by atoms with Crippen LogP contribution in [0, 0.1) is 0 Å². The Morgan fingerprint density at radius 1 is 0.516 bits per heavy atom. The van der Waals surface area contributed by atoms with Gasteiger partial charge in [-0.2, -0.15) is 72.5 Å². The summed E-state index contributed by atoms with van der Waals surface area (Å²) in [4.78, 5) is 0. The summed E-state index contributed by atoms with van der Waals surface area (Å²) in [7, 11) is 0.778. The third-order valence-electron chi connectivity index (χ3n) is 3.22. The third kappa shape index (κ3) is 5.05. The second-order valence-corrected chi connectivity index (χ2v) is 6.06. The van der Waals surface area contributed by atoms with Gasteiger partial charge in [-0.3, -0.25) is 0 Å². The van der Waals surface area contributed by atoms with Crippen molar-refractivity contribution in [1.82, 2.24) is 0 Å². The summed E-state index contributed by atoms with van der Waals surface area (Å²) < 4.78 is 219. The van der Waals surface area contributed by atoms with E-state index in [1.54, 1.807) is 0 Å². The van der Waals surface area contributed by atoms with E-state index in [-0.39, 0.29) is 0 Å². The van der Waals surface area contributed by atoms with Crippen LogP contribution in [0.3, 0.4) is 0 Å². The number of hydrogen-bond acceptors (Lipinski definition) is 0. The molecular weight excluding hydrogens is 578 g/mol. The molecule has 0 N–H and O–H groups in total. The molecule has 0 rings (SSSR count). The quantitative estimate of drug-likeness (QED) is 0.129. The highest BCUT2D eigenvalue weighted by molar-refractivity contribution is 6.80. The molecule has 0 nitrogen and oxygen atoms in total. The van der Waals surface area contributed by atoms with Crippen LogP contribution in [-0.2, 0) is 0 Å². The summed E-state index contributed by atoms with van der Waals surface area (Å²) in [5, 5.41) is -6.82. The molecule has 0 bridgehead atoms. The molecule has 0 spiro atoms. The van der Waals surface area contributed by atoms with Crippen LogP contribution >= 0.6 is 34.3 Å². The van der Waals surface area contributed by atoms with E-state index in [2.05, 4.69) is 23.2 Å². The van der Waals surface area contributed by atoms with Crippen molar-refractivity contribution in [3.05, 3.63) is 0 Å². The van der Waals surface area contributed by atoms with E-state index in [1.165, 1.54) is 0 Å². The summed E-state index contributed by atoms with van der Waals surface area (Å²) >= 11 is 12.2. The molecule has 3 unspecified atom stereocenters. The molecule has 0 saturated heterocycles. The van der Waals surface area contributed by atoms with Crippen molar-refractivity contribution in [1.29, 1.82) is 0 Å².